The Morgan fingerprint density at radius 2 is 2.27 bits per heavy atom. The Labute approximate surface area is 96.5 Å². The third-order valence-corrected chi connectivity index (χ3v) is 3.57. The van der Waals surface area contributed by atoms with Gasteiger partial charge in [-0.3, -0.25) is 4.79 Å². The maximum absolute atomic E-state index is 11.5. The number of amides is 1. The summed E-state index contributed by atoms with van der Waals surface area (Å²) >= 11 is 5.62. The summed E-state index contributed by atoms with van der Waals surface area (Å²) in [5.74, 6) is 0.357. The van der Waals surface area contributed by atoms with E-state index in [1.807, 2.05) is 6.92 Å². The van der Waals surface area contributed by atoms with Gasteiger partial charge in [-0.05, 0) is 24.7 Å². The zero-order valence-electron chi connectivity index (χ0n) is 9.51. The first kappa shape index (κ1) is 12.8. The van der Waals surface area contributed by atoms with Crippen LogP contribution in [0.15, 0.2) is 0 Å². The van der Waals surface area contributed by atoms with E-state index in [1.54, 1.807) is 7.11 Å². The van der Waals surface area contributed by atoms with Gasteiger partial charge in [0.1, 0.15) is 0 Å². The number of methoxy groups -OCH3 is 1. The zero-order chi connectivity index (χ0) is 11.3. The van der Waals surface area contributed by atoms with Crippen LogP contribution in [0.2, 0.25) is 0 Å². The minimum Gasteiger partial charge on any atom is -0.385 e. The van der Waals surface area contributed by atoms with Crippen molar-refractivity contribution in [3.05, 3.63) is 0 Å². The fourth-order valence-corrected chi connectivity index (χ4v) is 1.67. The number of hydrogen-bond acceptors (Lipinski definition) is 2. The molecule has 1 N–H and O–H groups in total. The molecule has 1 unspecified atom stereocenters. The van der Waals surface area contributed by atoms with Gasteiger partial charge in [-0.2, -0.15) is 0 Å². The Kier molecular flexibility index (Phi) is 4.87. The van der Waals surface area contributed by atoms with Crippen LogP contribution in [0, 0.1) is 11.3 Å². The van der Waals surface area contributed by atoms with Crippen LogP contribution in [0.4, 0.5) is 0 Å². The maximum Gasteiger partial charge on any atom is 0.224 e. The van der Waals surface area contributed by atoms with Gasteiger partial charge in [0.15, 0.2) is 0 Å². The van der Waals surface area contributed by atoms with E-state index in [-0.39, 0.29) is 11.8 Å². The summed E-state index contributed by atoms with van der Waals surface area (Å²) in [6.45, 7) is 3.40. The third-order valence-electron chi connectivity index (χ3n) is 3.11. The topological polar surface area (TPSA) is 38.3 Å². The lowest BCUT2D eigenvalue weighted by Crippen LogP contribution is -2.35. The van der Waals surface area contributed by atoms with E-state index in [0.29, 0.717) is 11.3 Å². The predicted octanol–water partition coefficient (Wildman–Crippen LogP) is 1.79. The Balaban J connectivity index is 2.21. The van der Waals surface area contributed by atoms with E-state index in [1.165, 1.54) is 12.8 Å². The van der Waals surface area contributed by atoms with Crippen molar-refractivity contribution in [2.75, 3.05) is 26.1 Å². The van der Waals surface area contributed by atoms with Gasteiger partial charge in [-0.25, -0.2) is 0 Å². The molecule has 0 radical (unpaired) electrons. The standard InChI is InChI=1S/C11H20ClNO2/c1-9(7-12)10(14)13-8-11(3-4-11)5-6-15-2/h9H,3-8H2,1-2H3,(H,13,14). The molecule has 88 valence electrons. The molecule has 1 atom stereocenters. The van der Waals surface area contributed by atoms with Crippen LogP contribution in [0.3, 0.4) is 0 Å². The molecule has 1 aliphatic carbocycles. The largest absolute Gasteiger partial charge is 0.385 e. The molecule has 1 amide bonds. The van der Waals surface area contributed by atoms with Crippen molar-refractivity contribution < 1.29 is 9.53 Å². The van der Waals surface area contributed by atoms with Crippen molar-refractivity contribution in [2.24, 2.45) is 11.3 Å². The van der Waals surface area contributed by atoms with Crippen LogP contribution < -0.4 is 5.32 Å². The molecule has 0 spiro atoms. The summed E-state index contributed by atoms with van der Waals surface area (Å²) < 4.78 is 5.06. The van der Waals surface area contributed by atoms with Gasteiger partial charge >= 0.3 is 0 Å². The van der Waals surface area contributed by atoms with Crippen LogP contribution in [0.5, 0.6) is 0 Å². The fraction of sp³-hybridized carbons (Fsp3) is 0.909. The smallest absolute Gasteiger partial charge is 0.224 e. The summed E-state index contributed by atoms with van der Waals surface area (Å²) in [6, 6.07) is 0. The normalized spacial score (nSPS) is 19.7. The number of carbonyl (C=O) groups is 1. The SMILES string of the molecule is COCCC1(CNC(=O)C(C)CCl)CC1. The highest BCUT2D eigenvalue weighted by molar-refractivity contribution is 6.19. The number of alkyl halides is 1. The lowest BCUT2D eigenvalue weighted by molar-refractivity contribution is -0.124. The molecule has 0 aromatic carbocycles. The van der Waals surface area contributed by atoms with E-state index in [0.717, 1.165) is 19.6 Å². The molecular weight excluding hydrogens is 214 g/mol. The second-order valence-corrected chi connectivity index (χ2v) is 4.82. The predicted molar refractivity (Wildman–Crippen MR) is 61.1 cm³/mol. The van der Waals surface area contributed by atoms with Gasteiger partial charge in [0, 0.05) is 32.1 Å². The summed E-state index contributed by atoms with van der Waals surface area (Å²) in [6.07, 6.45) is 3.44. The Bertz CT molecular complexity index is 217. The minimum atomic E-state index is -0.0927. The summed E-state index contributed by atoms with van der Waals surface area (Å²) in [5, 5.41) is 2.97. The molecule has 3 nitrogen and oxygen atoms in total. The van der Waals surface area contributed by atoms with Crippen LogP contribution in [0.25, 0.3) is 0 Å². The van der Waals surface area contributed by atoms with Crippen molar-refractivity contribution in [3.63, 3.8) is 0 Å². The highest BCUT2D eigenvalue weighted by Gasteiger charge is 2.42. The average molecular weight is 234 g/mol. The molecule has 1 fully saturated rings. The van der Waals surface area contributed by atoms with Crippen molar-refractivity contribution in [1.29, 1.82) is 0 Å². The Morgan fingerprint density at radius 1 is 1.60 bits per heavy atom. The van der Waals surface area contributed by atoms with Crippen LogP contribution in [-0.2, 0) is 9.53 Å². The molecule has 0 aromatic heterocycles. The monoisotopic (exact) mass is 233 g/mol. The zero-order valence-corrected chi connectivity index (χ0v) is 10.3. The fourth-order valence-electron chi connectivity index (χ4n) is 1.53. The van der Waals surface area contributed by atoms with E-state index >= 15 is 0 Å². The summed E-state index contributed by atoms with van der Waals surface area (Å²) in [4.78, 5) is 11.5. The Hall–Kier alpha value is -0.280. The molecule has 1 aliphatic rings. The van der Waals surface area contributed by atoms with Gasteiger partial charge in [-0.15, -0.1) is 11.6 Å². The number of halogens is 1. The molecule has 0 saturated heterocycles. The van der Waals surface area contributed by atoms with Gasteiger partial charge in [0.25, 0.3) is 0 Å². The summed E-state index contributed by atoms with van der Waals surface area (Å²) in [5.41, 5.74) is 0.317. The first-order valence-corrected chi connectivity index (χ1v) is 5.99. The van der Waals surface area contributed by atoms with Gasteiger partial charge in [0.2, 0.25) is 5.91 Å². The molecule has 1 saturated carbocycles. The van der Waals surface area contributed by atoms with Crippen LogP contribution >= 0.6 is 11.6 Å². The lowest BCUT2D eigenvalue weighted by atomic mass is 10.0. The minimum absolute atomic E-state index is 0.0636. The van der Waals surface area contributed by atoms with Crippen molar-refractivity contribution in [1.82, 2.24) is 5.32 Å². The highest BCUT2D eigenvalue weighted by Crippen LogP contribution is 2.48. The van der Waals surface area contributed by atoms with Crippen molar-refractivity contribution in [2.45, 2.75) is 26.2 Å². The number of rotatable bonds is 7. The quantitative estimate of drug-likeness (QED) is 0.681. The van der Waals surface area contributed by atoms with Crippen molar-refractivity contribution in [3.8, 4) is 0 Å². The molecule has 15 heavy (non-hydrogen) atoms. The average Bonchev–Trinajstić information content (AvgIpc) is 3.03. The first-order chi connectivity index (χ1) is 7.13. The summed E-state index contributed by atoms with van der Waals surface area (Å²) in [7, 11) is 1.71. The molecule has 4 heteroatoms. The van der Waals surface area contributed by atoms with Crippen LogP contribution in [-0.4, -0.2) is 32.0 Å². The highest BCUT2D eigenvalue weighted by atomic mass is 35.5. The molecule has 1 rings (SSSR count). The second kappa shape index (κ2) is 5.71. The van der Waals surface area contributed by atoms with E-state index in [9.17, 15) is 4.79 Å². The second-order valence-electron chi connectivity index (χ2n) is 4.52. The van der Waals surface area contributed by atoms with Crippen molar-refractivity contribution >= 4 is 17.5 Å². The molecule has 0 aromatic rings. The first-order valence-electron chi connectivity index (χ1n) is 5.46. The van der Waals surface area contributed by atoms with Gasteiger partial charge < -0.3 is 10.1 Å². The third kappa shape index (κ3) is 3.99. The number of nitrogens with one attached hydrogen (secondary N) is 1. The van der Waals surface area contributed by atoms with Gasteiger partial charge in [0.05, 0.1) is 0 Å². The van der Waals surface area contributed by atoms with Crippen LogP contribution in [0.1, 0.15) is 26.2 Å². The van der Waals surface area contributed by atoms with E-state index in [2.05, 4.69) is 5.32 Å². The maximum atomic E-state index is 11.5. The van der Waals surface area contributed by atoms with E-state index in [4.69, 9.17) is 16.3 Å². The van der Waals surface area contributed by atoms with E-state index < -0.39 is 0 Å². The Morgan fingerprint density at radius 3 is 2.73 bits per heavy atom. The molecule has 0 aliphatic heterocycles. The number of ether oxygens (including phenoxy) is 1. The molecule has 0 heterocycles. The number of hydrogen-bond donors (Lipinski definition) is 1. The lowest BCUT2D eigenvalue weighted by Gasteiger charge is -2.16. The molecular formula is C11H20ClNO2. The van der Waals surface area contributed by atoms with Gasteiger partial charge in [-0.1, -0.05) is 6.92 Å². The molecule has 0 bridgehead atoms. The number of carbonyl (C=O) groups excluding carboxylic acids is 1.